The third-order valence-corrected chi connectivity index (χ3v) is 4.34. The fourth-order valence-corrected chi connectivity index (χ4v) is 2.64. The van der Waals surface area contributed by atoms with E-state index >= 15 is 0 Å². The van der Waals surface area contributed by atoms with Crippen molar-refractivity contribution < 1.29 is 9.18 Å². The van der Waals surface area contributed by atoms with Gasteiger partial charge in [0.15, 0.2) is 0 Å². The van der Waals surface area contributed by atoms with Crippen molar-refractivity contribution in [2.24, 2.45) is 5.73 Å². The van der Waals surface area contributed by atoms with Crippen molar-refractivity contribution in [1.82, 2.24) is 10.2 Å². The van der Waals surface area contributed by atoms with Gasteiger partial charge in [-0.15, -0.1) is 0 Å². The third kappa shape index (κ3) is 2.99. The monoisotopic (exact) mass is 279 g/mol. The standard InChI is InChI=1S/C15H22FN3O/c1-19(2)15(6-3-7-15)10-18-9-12-5-4-11(14(17)20)8-13(12)16/h4-5,8,18H,3,6-7,9-10H2,1-2H3,(H2,17,20). The van der Waals surface area contributed by atoms with Crippen molar-refractivity contribution in [3.05, 3.63) is 35.1 Å². The number of carbonyl (C=O) groups is 1. The van der Waals surface area contributed by atoms with Gasteiger partial charge in [-0.1, -0.05) is 6.07 Å². The molecule has 1 aromatic carbocycles. The number of benzene rings is 1. The van der Waals surface area contributed by atoms with Crippen molar-refractivity contribution >= 4 is 5.91 Å². The highest BCUT2D eigenvalue weighted by molar-refractivity contribution is 5.92. The fraction of sp³-hybridized carbons (Fsp3) is 0.533. The van der Waals surface area contributed by atoms with Gasteiger partial charge in [0.05, 0.1) is 0 Å². The van der Waals surface area contributed by atoms with Gasteiger partial charge in [0.1, 0.15) is 5.82 Å². The molecule has 110 valence electrons. The van der Waals surface area contributed by atoms with E-state index in [-0.39, 0.29) is 16.9 Å². The van der Waals surface area contributed by atoms with E-state index in [1.165, 1.54) is 25.3 Å². The van der Waals surface area contributed by atoms with Gasteiger partial charge in [0, 0.05) is 29.8 Å². The Morgan fingerprint density at radius 3 is 2.60 bits per heavy atom. The number of carbonyl (C=O) groups excluding carboxylic acids is 1. The minimum absolute atomic E-state index is 0.204. The molecule has 0 heterocycles. The molecule has 20 heavy (non-hydrogen) atoms. The van der Waals surface area contributed by atoms with E-state index < -0.39 is 5.91 Å². The van der Waals surface area contributed by atoms with Crippen LogP contribution in [0.15, 0.2) is 18.2 Å². The maximum Gasteiger partial charge on any atom is 0.248 e. The minimum Gasteiger partial charge on any atom is -0.366 e. The molecule has 0 unspecified atom stereocenters. The first-order chi connectivity index (χ1) is 9.44. The van der Waals surface area contributed by atoms with Crippen LogP contribution in [-0.2, 0) is 6.54 Å². The number of amides is 1. The molecule has 4 nitrogen and oxygen atoms in total. The Morgan fingerprint density at radius 1 is 1.45 bits per heavy atom. The number of nitrogens with one attached hydrogen (secondary N) is 1. The number of halogens is 1. The lowest BCUT2D eigenvalue weighted by molar-refractivity contribution is 0.0597. The SMILES string of the molecule is CN(C)C1(CNCc2ccc(C(N)=O)cc2F)CCC1. The van der Waals surface area contributed by atoms with Crippen molar-refractivity contribution in [2.75, 3.05) is 20.6 Å². The highest BCUT2D eigenvalue weighted by Gasteiger charge is 2.38. The molecule has 2 rings (SSSR count). The molecule has 1 aliphatic rings. The number of likely N-dealkylation sites (N-methyl/N-ethyl adjacent to an activating group) is 1. The smallest absolute Gasteiger partial charge is 0.248 e. The summed E-state index contributed by atoms with van der Waals surface area (Å²) in [7, 11) is 4.17. The number of hydrogen-bond acceptors (Lipinski definition) is 3. The van der Waals surface area contributed by atoms with Gasteiger partial charge in [-0.2, -0.15) is 0 Å². The van der Waals surface area contributed by atoms with Crippen molar-refractivity contribution in [1.29, 1.82) is 0 Å². The van der Waals surface area contributed by atoms with Crippen LogP contribution >= 0.6 is 0 Å². The Hall–Kier alpha value is -1.46. The van der Waals surface area contributed by atoms with Crippen LogP contribution in [-0.4, -0.2) is 37.0 Å². The number of primary amides is 1. The number of nitrogens with two attached hydrogens (primary N) is 1. The van der Waals surface area contributed by atoms with Crippen molar-refractivity contribution in [3.63, 3.8) is 0 Å². The summed E-state index contributed by atoms with van der Waals surface area (Å²) in [5, 5.41) is 3.32. The molecular weight excluding hydrogens is 257 g/mol. The largest absolute Gasteiger partial charge is 0.366 e. The average molecular weight is 279 g/mol. The molecular formula is C15H22FN3O. The van der Waals surface area contributed by atoms with Crippen molar-refractivity contribution in [2.45, 2.75) is 31.3 Å². The maximum absolute atomic E-state index is 13.8. The topological polar surface area (TPSA) is 58.4 Å². The van der Waals surface area contributed by atoms with Crippen LogP contribution in [0.2, 0.25) is 0 Å². The van der Waals surface area contributed by atoms with Crippen molar-refractivity contribution in [3.8, 4) is 0 Å². The summed E-state index contributed by atoms with van der Waals surface area (Å²) >= 11 is 0. The Morgan fingerprint density at radius 2 is 2.15 bits per heavy atom. The zero-order valence-electron chi connectivity index (χ0n) is 12.1. The zero-order chi connectivity index (χ0) is 14.8. The van der Waals surface area contributed by atoms with E-state index in [2.05, 4.69) is 24.3 Å². The number of rotatable bonds is 6. The van der Waals surface area contributed by atoms with Crippen LogP contribution < -0.4 is 11.1 Å². The number of hydrogen-bond donors (Lipinski definition) is 2. The first kappa shape index (κ1) is 14.9. The summed E-state index contributed by atoms with van der Waals surface area (Å²) in [4.78, 5) is 13.2. The lowest BCUT2D eigenvalue weighted by Gasteiger charge is -2.47. The second kappa shape index (κ2) is 5.89. The summed E-state index contributed by atoms with van der Waals surface area (Å²) < 4.78 is 13.8. The lowest BCUT2D eigenvalue weighted by Crippen LogP contribution is -2.56. The molecule has 1 aromatic rings. The van der Waals surface area contributed by atoms with E-state index in [9.17, 15) is 9.18 Å². The molecule has 0 atom stereocenters. The summed E-state index contributed by atoms with van der Waals surface area (Å²) in [6, 6.07) is 4.38. The van der Waals surface area contributed by atoms with Crippen LogP contribution in [0.5, 0.6) is 0 Å². The quantitative estimate of drug-likeness (QED) is 0.829. The van der Waals surface area contributed by atoms with Crippen LogP contribution in [0.1, 0.15) is 35.2 Å². The molecule has 0 aliphatic heterocycles. The second-order valence-corrected chi connectivity index (χ2v) is 5.75. The Kier molecular flexibility index (Phi) is 4.40. The fourth-order valence-electron chi connectivity index (χ4n) is 2.64. The Labute approximate surface area is 119 Å². The first-order valence-corrected chi connectivity index (χ1v) is 6.91. The van der Waals surface area contributed by atoms with Gasteiger partial charge in [-0.3, -0.25) is 4.79 Å². The molecule has 1 fully saturated rings. The highest BCUT2D eigenvalue weighted by Crippen LogP contribution is 2.35. The van der Waals surface area contributed by atoms with E-state index in [1.807, 2.05) is 0 Å². The summed E-state index contributed by atoms with van der Waals surface area (Å²) in [6.07, 6.45) is 3.60. The summed E-state index contributed by atoms with van der Waals surface area (Å²) in [5.74, 6) is -0.995. The molecule has 0 saturated heterocycles. The molecule has 3 N–H and O–H groups in total. The first-order valence-electron chi connectivity index (χ1n) is 6.91. The molecule has 5 heteroatoms. The maximum atomic E-state index is 13.8. The molecule has 0 radical (unpaired) electrons. The Balaban J connectivity index is 1.93. The predicted octanol–water partition coefficient (Wildman–Crippen LogP) is 1.50. The van der Waals surface area contributed by atoms with Gasteiger partial charge in [0.2, 0.25) is 5.91 Å². The molecule has 1 saturated carbocycles. The molecule has 0 aromatic heterocycles. The summed E-state index contributed by atoms with van der Waals surface area (Å²) in [5.41, 5.74) is 6.10. The average Bonchev–Trinajstić information content (AvgIpc) is 2.33. The molecule has 0 bridgehead atoms. The molecule has 0 spiro atoms. The zero-order valence-corrected chi connectivity index (χ0v) is 12.1. The minimum atomic E-state index is -0.607. The lowest BCUT2D eigenvalue weighted by atomic mass is 9.75. The highest BCUT2D eigenvalue weighted by atomic mass is 19.1. The molecule has 1 amide bonds. The second-order valence-electron chi connectivity index (χ2n) is 5.75. The normalized spacial score (nSPS) is 17.0. The van der Waals surface area contributed by atoms with E-state index in [4.69, 9.17) is 5.73 Å². The van der Waals surface area contributed by atoms with Crippen LogP contribution in [0.4, 0.5) is 4.39 Å². The van der Waals surface area contributed by atoms with Gasteiger partial charge < -0.3 is 16.0 Å². The predicted molar refractivity (Wildman–Crippen MR) is 76.9 cm³/mol. The number of nitrogens with zero attached hydrogens (tertiary/aromatic N) is 1. The van der Waals surface area contributed by atoms with Crippen LogP contribution in [0.25, 0.3) is 0 Å². The van der Waals surface area contributed by atoms with E-state index in [0.717, 1.165) is 6.54 Å². The molecule has 1 aliphatic carbocycles. The van der Waals surface area contributed by atoms with Crippen LogP contribution in [0.3, 0.4) is 0 Å². The van der Waals surface area contributed by atoms with E-state index in [0.29, 0.717) is 12.1 Å². The third-order valence-electron chi connectivity index (χ3n) is 4.34. The van der Waals surface area contributed by atoms with Gasteiger partial charge in [0.25, 0.3) is 0 Å². The van der Waals surface area contributed by atoms with Gasteiger partial charge in [-0.25, -0.2) is 4.39 Å². The van der Waals surface area contributed by atoms with Crippen LogP contribution in [0, 0.1) is 5.82 Å². The van der Waals surface area contributed by atoms with Gasteiger partial charge >= 0.3 is 0 Å². The Bertz CT molecular complexity index is 498. The van der Waals surface area contributed by atoms with E-state index in [1.54, 1.807) is 12.1 Å². The van der Waals surface area contributed by atoms with Gasteiger partial charge in [-0.05, 0) is 45.5 Å². The summed E-state index contributed by atoms with van der Waals surface area (Å²) in [6.45, 7) is 1.30.